The van der Waals surface area contributed by atoms with E-state index in [1.54, 1.807) is 0 Å². The van der Waals surface area contributed by atoms with Crippen LogP contribution in [0, 0.1) is 0 Å². The molecule has 0 saturated carbocycles. The van der Waals surface area contributed by atoms with Gasteiger partial charge in [-0.2, -0.15) is 0 Å². The van der Waals surface area contributed by atoms with E-state index in [0.717, 1.165) is 30.3 Å². The third kappa shape index (κ3) is 3.70. The first-order valence-corrected chi connectivity index (χ1v) is 8.03. The van der Waals surface area contributed by atoms with Gasteiger partial charge in [-0.05, 0) is 55.2 Å². The van der Waals surface area contributed by atoms with Crippen LogP contribution in [-0.4, -0.2) is 19.6 Å². The topological polar surface area (TPSA) is 15.3 Å². The van der Waals surface area contributed by atoms with Crippen molar-refractivity contribution in [3.8, 4) is 0 Å². The highest BCUT2D eigenvalue weighted by Gasteiger charge is 2.13. The summed E-state index contributed by atoms with van der Waals surface area (Å²) in [6.45, 7) is 3.12. The molecule has 0 unspecified atom stereocenters. The molecule has 1 aliphatic rings. The van der Waals surface area contributed by atoms with E-state index in [2.05, 4.69) is 34.5 Å². The highest BCUT2D eigenvalue weighted by molar-refractivity contribution is 6.30. The SMILES string of the molecule is Clc1ccc(NCCN2CCCCc3ccccc32)cc1. The normalized spacial score (nSPS) is 14.4. The van der Waals surface area contributed by atoms with Crippen molar-refractivity contribution in [2.24, 2.45) is 0 Å². The molecular formula is C18H21ClN2. The fourth-order valence-electron chi connectivity index (χ4n) is 2.90. The molecule has 21 heavy (non-hydrogen) atoms. The molecule has 0 saturated heterocycles. The van der Waals surface area contributed by atoms with Crippen molar-refractivity contribution in [2.75, 3.05) is 29.9 Å². The number of benzene rings is 2. The summed E-state index contributed by atoms with van der Waals surface area (Å²) < 4.78 is 0. The Morgan fingerprint density at radius 3 is 2.67 bits per heavy atom. The van der Waals surface area contributed by atoms with E-state index in [4.69, 9.17) is 11.6 Å². The summed E-state index contributed by atoms with van der Waals surface area (Å²) in [5, 5.41) is 4.25. The van der Waals surface area contributed by atoms with Crippen LogP contribution in [0.3, 0.4) is 0 Å². The molecule has 0 amide bonds. The zero-order valence-corrected chi connectivity index (χ0v) is 12.9. The van der Waals surface area contributed by atoms with Crippen LogP contribution >= 0.6 is 11.6 Å². The summed E-state index contributed by atoms with van der Waals surface area (Å²) in [6.07, 6.45) is 3.77. The standard InChI is InChI=1S/C18H21ClN2/c19-16-8-10-17(11-9-16)20-12-14-21-13-4-3-6-15-5-1-2-7-18(15)21/h1-2,5,7-11,20H,3-4,6,12-14H2. The lowest BCUT2D eigenvalue weighted by Crippen LogP contribution is -2.29. The van der Waals surface area contributed by atoms with Gasteiger partial charge in [0.2, 0.25) is 0 Å². The Morgan fingerprint density at radius 1 is 1.00 bits per heavy atom. The Bertz CT molecular complexity index is 580. The molecular weight excluding hydrogens is 280 g/mol. The summed E-state index contributed by atoms with van der Waals surface area (Å²) >= 11 is 5.91. The van der Waals surface area contributed by atoms with Crippen molar-refractivity contribution >= 4 is 23.0 Å². The predicted octanol–water partition coefficient (Wildman–Crippen LogP) is 4.59. The summed E-state index contributed by atoms with van der Waals surface area (Å²) in [6, 6.07) is 16.7. The lowest BCUT2D eigenvalue weighted by molar-refractivity contribution is 0.719. The summed E-state index contributed by atoms with van der Waals surface area (Å²) in [7, 11) is 0. The number of halogens is 1. The fraction of sp³-hybridized carbons (Fsp3) is 0.333. The zero-order chi connectivity index (χ0) is 14.5. The molecule has 3 rings (SSSR count). The van der Waals surface area contributed by atoms with Crippen molar-refractivity contribution in [2.45, 2.75) is 19.3 Å². The third-order valence-electron chi connectivity index (χ3n) is 4.01. The van der Waals surface area contributed by atoms with E-state index >= 15 is 0 Å². The Morgan fingerprint density at radius 2 is 1.81 bits per heavy atom. The molecule has 0 aromatic heterocycles. The van der Waals surface area contributed by atoms with Crippen molar-refractivity contribution in [1.82, 2.24) is 0 Å². The smallest absolute Gasteiger partial charge is 0.0407 e. The maximum atomic E-state index is 5.91. The van der Waals surface area contributed by atoms with E-state index in [9.17, 15) is 0 Å². The van der Waals surface area contributed by atoms with Gasteiger partial charge in [0.25, 0.3) is 0 Å². The molecule has 3 heteroatoms. The minimum Gasteiger partial charge on any atom is -0.383 e. The number of para-hydroxylation sites is 1. The van der Waals surface area contributed by atoms with Gasteiger partial charge in [-0.15, -0.1) is 0 Å². The quantitative estimate of drug-likeness (QED) is 0.888. The van der Waals surface area contributed by atoms with Crippen molar-refractivity contribution in [3.05, 3.63) is 59.1 Å². The predicted molar refractivity (Wildman–Crippen MR) is 91.5 cm³/mol. The fourth-order valence-corrected chi connectivity index (χ4v) is 3.03. The molecule has 2 nitrogen and oxygen atoms in total. The van der Waals surface area contributed by atoms with Crippen LogP contribution in [0.1, 0.15) is 18.4 Å². The first-order chi connectivity index (χ1) is 10.3. The minimum atomic E-state index is 0.780. The number of nitrogens with one attached hydrogen (secondary N) is 1. The average Bonchev–Trinajstić information content (AvgIpc) is 2.72. The lowest BCUT2D eigenvalue weighted by atomic mass is 10.1. The van der Waals surface area contributed by atoms with E-state index in [1.165, 1.54) is 30.5 Å². The third-order valence-corrected chi connectivity index (χ3v) is 4.26. The molecule has 0 fully saturated rings. The first-order valence-electron chi connectivity index (χ1n) is 7.65. The summed E-state index contributed by atoms with van der Waals surface area (Å²) in [5.41, 5.74) is 4.02. The second kappa shape index (κ2) is 6.86. The van der Waals surface area contributed by atoms with Crippen LogP contribution in [0.4, 0.5) is 11.4 Å². The van der Waals surface area contributed by atoms with Crippen molar-refractivity contribution < 1.29 is 0 Å². The van der Waals surface area contributed by atoms with Crippen LogP contribution in [0.2, 0.25) is 5.02 Å². The molecule has 2 aromatic rings. The molecule has 110 valence electrons. The van der Waals surface area contributed by atoms with Gasteiger partial charge in [-0.1, -0.05) is 29.8 Å². The van der Waals surface area contributed by atoms with E-state index in [1.807, 2.05) is 24.3 Å². The van der Waals surface area contributed by atoms with Crippen molar-refractivity contribution in [3.63, 3.8) is 0 Å². The van der Waals surface area contributed by atoms with Crippen LogP contribution in [0.5, 0.6) is 0 Å². The summed E-state index contributed by atoms with van der Waals surface area (Å²) in [4.78, 5) is 2.51. The Labute approximate surface area is 131 Å². The molecule has 0 aliphatic carbocycles. The van der Waals surface area contributed by atoms with Gasteiger partial charge in [-0.25, -0.2) is 0 Å². The number of nitrogens with zero attached hydrogens (tertiary/aromatic N) is 1. The minimum absolute atomic E-state index is 0.780. The molecule has 1 N–H and O–H groups in total. The van der Waals surface area contributed by atoms with Gasteiger partial charge in [0, 0.05) is 36.0 Å². The van der Waals surface area contributed by atoms with Gasteiger partial charge < -0.3 is 10.2 Å². The highest BCUT2D eigenvalue weighted by Crippen LogP contribution is 2.25. The molecule has 2 aromatic carbocycles. The van der Waals surface area contributed by atoms with E-state index in [0.29, 0.717) is 0 Å². The number of aryl methyl sites for hydroxylation is 1. The number of fused-ring (bicyclic) bond motifs is 1. The van der Waals surface area contributed by atoms with Crippen LogP contribution in [-0.2, 0) is 6.42 Å². The number of hydrogen-bond donors (Lipinski definition) is 1. The Balaban J connectivity index is 1.61. The van der Waals surface area contributed by atoms with Crippen LogP contribution in [0.15, 0.2) is 48.5 Å². The van der Waals surface area contributed by atoms with Crippen LogP contribution in [0.25, 0.3) is 0 Å². The Hall–Kier alpha value is -1.67. The largest absolute Gasteiger partial charge is 0.383 e. The van der Waals surface area contributed by atoms with E-state index in [-0.39, 0.29) is 0 Å². The number of hydrogen-bond acceptors (Lipinski definition) is 2. The molecule has 0 bridgehead atoms. The monoisotopic (exact) mass is 300 g/mol. The second-order valence-corrected chi connectivity index (χ2v) is 5.94. The van der Waals surface area contributed by atoms with Gasteiger partial charge in [-0.3, -0.25) is 0 Å². The second-order valence-electron chi connectivity index (χ2n) is 5.51. The maximum absolute atomic E-state index is 5.91. The molecule has 0 atom stereocenters. The average molecular weight is 301 g/mol. The number of anilines is 2. The van der Waals surface area contributed by atoms with E-state index < -0.39 is 0 Å². The van der Waals surface area contributed by atoms with Gasteiger partial charge >= 0.3 is 0 Å². The molecule has 1 aliphatic heterocycles. The lowest BCUT2D eigenvalue weighted by Gasteiger charge is -2.25. The highest BCUT2D eigenvalue weighted by atomic mass is 35.5. The zero-order valence-electron chi connectivity index (χ0n) is 12.2. The first kappa shape index (κ1) is 14.3. The van der Waals surface area contributed by atoms with Gasteiger partial charge in [0.15, 0.2) is 0 Å². The summed E-state index contributed by atoms with van der Waals surface area (Å²) in [5.74, 6) is 0. The van der Waals surface area contributed by atoms with Crippen LogP contribution < -0.4 is 10.2 Å². The molecule has 1 heterocycles. The number of rotatable bonds is 4. The van der Waals surface area contributed by atoms with Gasteiger partial charge in [0.05, 0.1) is 0 Å². The van der Waals surface area contributed by atoms with Crippen molar-refractivity contribution in [1.29, 1.82) is 0 Å². The molecule has 0 radical (unpaired) electrons. The maximum Gasteiger partial charge on any atom is 0.0407 e. The molecule has 0 spiro atoms. The van der Waals surface area contributed by atoms with Gasteiger partial charge in [0.1, 0.15) is 0 Å². The Kier molecular flexibility index (Phi) is 4.66.